The van der Waals surface area contributed by atoms with Gasteiger partial charge in [-0.3, -0.25) is 0 Å². The Morgan fingerprint density at radius 2 is 1.52 bits per heavy atom. The van der Waals surface area contributed by atoms with Gasteiger partial charge < -0.3 is 9.84 Å². The van der Waals surface area contributed by atoms with Crippen molar-refractivity contribution < 1.29 is 45.4 Å². The van der Waals surface area contributed by atoms with Crippen LogP contribution in [-0.4, -0.2) is 41.3 Å². The Balaban J connectivity index is 1.70. The SMILES string of the molecule is O=C(OCC12CC3CC(CC(O)(C3)C1)C2)C(F)(F)C(F)(F)C(F)(F)F. The number of esters is 1. The van der Waals surface area contributed by atoms with Crippen molar-refractivity contribution in [1.82, 2.24) is 0 Å². The highest BCUT2D eigenvalue weighted by atomic mass is 19.4. The van der Waals surface area contributed by atoms with Gasteiger partial charge in [0.05, 0.1) is 12.2 Å². The number of alkyl halides is 7. The third-order valence-electron chi connectivity index (χ3n) is 5.67. The third-order valence-corrected chi connectivity index (χ3v) is 5.67. The molecule has 0 aromatic heterocycles. The van der Waals surface area contributed by atoms with Gasteiger partial charge in [0.1, 0.15) is 0 Å². The van der Waals surface area contributed by atoms with Gasteiger partial charge in [-0.2, -0.15) is 30.7 Å². The zero-order valence-corrected chi connectivity index (χ0v) is 13.0. The molecule has 2 unspecified atom stereocenters. The summed E-state index contributed by atoms with van der Waals surface area (Å²) in [5, 5.41) is 10.5. The van der Waals surface area contributed by atoms with E-state index in [1.807, 2.05) is 0 Å². The fourth-order valence-corrected chi connectivity index (χ4v) is 5.19. The average Bonchev–Trinajstić information content (AvgIpc) is 2.40. The standard InChI is InChI=1S/C15H17F7O3/c16-13(17,14(18,19)15(20,21)22)10(23)25-7-11-2-8-1-9(3-11)5-12(24,4-8)6-11/h8-9,24H,1-7H2. The maximum atomic E-state index is 13.3. The molecule has 25 heavy (non-hydrogen) atoms. The minimum absolute atomic E-state index is 0.113. The Bertz CT molecular complexity index is 558. The fraction of sp³-hybridized carbons (Fsp3) is 0.933. The summed E-state index contributed by atoms with van der Waals surface area (Å²) < 4.78 is 93.0. The molecule has 0 saturated heterocycles. The van der Waals surface area contributed by atoms with Crippen molar-refractivity contribution in [3.63, 3.8) is 0 Å². The lowest BCUT2D eigenvalue weighted by molar-refractivity contribution is -0.349. The van der Waals surface area contributed by atoms with Gasteiger partial charge in [0.25, 0.3) is 0 Å². The number of hydrogen-bond acceptors (Lipinski definition) is 3. The van der Waals surface area contributed by atoms with Gasteiger partial charge in [0.2, 0.25) is 0 Å². The molecule has 4 rings (SSSR count). The summed E-state index contributed by atoms with van der Waals surface area (Å²) in [7, 11) is 0. The van der Waals surface area contributed by atoms with E-state index in [1.54, 1.807) is 0 Å². The smallest absolute Gasteiger partial charge is 0.460 e. The van der Waals surface area contributed by atoms with E-state index in [2.05, 4.69) is 4.74 Å². The monoisotopic (exact) mass is 378 g/mol. The largest absolute Gasteiger partial charge is 0.460 e. The molecule has 2 atom stereocenters. The van der Waals surface area contributed by atoms with Crippen molar-refractivity contribution in [1.29, 1.82) is 0 Å². The van der Waals surface area contributed by atoms with Crippen LogP contribution in [0.4, 0.5) is 30.7 Å². The quantitative estimate of drug-likeness (QED) is 0.600. The van der Waals surface area contributed by atoms with E-state index in [1.165, 1.54) is 0 Å². The van der Waals surface area contributed by atoms with E-state index in [4.69, 9.17) is 0 Å². The highest BCUT2D eigenvalue weighted by Gasteiger charge is 2.77. The van der Waals surface area contributed by atoms with Gasteiger partial charge >= 0.3 is 24.0 Å². The van der Waals surface area contributed by atoms with E-state index in [0.717, 1.165) is 6.42 Å². The zero-order chi connectivity index (χ0) is 18.9. The first-order chi connectivity index (χ1) is 11.2. The molecule has 0 aromatic carbocycles. The topological polar surface area (TPSA) is 46.5 Å². The van der Waals surface area contributed by atoms with Crippen LogP contribution in [-0.2, 0) is 9.53 Å². The summed E-state index contributed by atoms with van der Waals surface area (Å²) in [6, 6.07) is 0. The summed E-state index contributed by atoms with van der Waals surface area (Å²) in [6.07, 6.45) is -3.53. The van der Waals surface area contributed by atoms with Crippen molar-refractivity contribution >= 4 is 5.97 Å². The number of halogens is 7. The van der Waals surface area contributed by atoms with Crippen LogP contribution in [0.25, 0.3) is 0 Å². The molecule has 0 aliphatic heterocycles. The number of ether oxygens (including phenoxy) is 1. The first-order valence-corrected chi connectivity index (χ1v) is 7.92. The minimum Gasteiger partial charge on any atom is -0.460 e. The van der Waals surface area contributed by atoms with E-state index >= 15 is 0 Å². The molecule has 4 saturated carbocycles. The molecule has 0 spiro atoms. The van der Waals surface area contributed by atoms with Crippen molar-refractivity contribution in [2.45, 2.75) is 62.1 Å². The molecule has 144 valence electrons. The predicted octanol–water partition coefficient (Wildman–Crippen LogP) is 3.69. The lowest BCUT2D eigenvalue weighted by Gasteiger charge is -2.59. The molecule has 3 nitrogen and oxygen atoms in total. The second-order valence-corrected chi connectivity index (χ2v) is 7.91. The van der Waals surface area contributed by atoms with Crippen LogP contribution in [0.1, 0.15) is 38.5 Å². The van der Waals surface area contributed by atoms with E-state index in [0.29, 0.717) is 25.7 Å². The molecule has 4 aliphatic rings. The first kappa shape index (κ1) is 18.7. The minimum atomic E-state index is -6.58. The zero-order valence-electron chi connectivity index (χ0n) is 13.0. The molecule has 0 amide bonds. The molecule has 1 N–H and O–H groups in total. The summed E-state index contributed by atoms with van der Waals surface area (Å²) in [5.41, 5.74) is -1.84. The van der Waals surface area contributed by atoms with Gasteiger partial charge in [-0.05, 0) is 50.4 Å². The Labute approximate surface area is 138 Å². The molecule has 0 radical (unpaired) electrons. The van der Waals surface area contributed by atoms with Gasteiger partial charge in [0, 0.05) is 5.41 Å². The Kier molecular flexibility index (Phi) is 3.92. The number of hydrogen-bond donors (Lipinski definition) is 1. The van der Waals surface area contributed by atoms with E-state index < -0.39 is 41.6 Å². The number of aliphatic hydroxyl groups is 1. The average molecular weight is 378 g/mol. The third kappa shape index (κ3) is 2.90. The predicted molar refractivity (Wildman–Crippen MR) is 69.0 cm³/mol. The van der Waals surface area contributed by atoms with Crippen molar-refractivity contribution in [3.8, 4) is 0 Å². The summed E-state index contributed by atoms with van der Waals surface area (Å²) in [6.45, 7) is -0.690. The maximum Gasteiger partial charge on any atom is 0.460 e. The second-order valence-electron chi connectivity index (χ2n) is 7.91. The van der Waals surface area contributed by atoms with Crippen molar-refractivity contribution in [3.05, 3.63) is 0 Å². The molecule has 0 heterocycles. The normalized spacial score (nSPS) is 38.1. The Morgan fingerprint density at radius 1 is 1.00 bits per heavy atom. The maximum absolute atomic E-state index is 13.3. The number of carbonyl (C=O) groups is 1. The molecule has 10 heteroatoms. The van der Waals surface area contributed by atoms with Crippen LogP contribution < -0.4 is 0 Å². The molecular weight excluding hydrogens is 361 g/mol. The fourth-order valence-electron chi connectivity index (χ4n) is 5.19. The lowest BCUT2D eigenvalue weighted by Crippen LogP contribution is -2.59. The number of carbonyl (C=O) groups excluding carboxylic acids is 1. The highest BCUT2D eigenvalue weighted by molar-refractivity contribution is 5.79. The van der Waals surface area contributed by atoms with E-state index in [-0.39, 0.29) is 18.3 Å². The van der Waals surface area contributed by atoms with Crippen LogP contribution in [0, 0.1) is 17.3 Å². The highest BCUT2D eigenvalue weighted by Crippen LogP contribution is 2.61. The molecule has 4 bridgehead atoms. The summed E-state index contributed by atoms with van der Waals surface area (Å²) in [4.78, 5) is 11.3. The van der Waals surface area contributed by atoms with Gasteiger partial charge in [-0.25, -0.2) is 4.79 Å². The van der Waals surface area contributed by atoms with Crippen LogP contribution in [0.3, 0.4) is 0 Å². The number of rotatable bonds is 4. The van der Waals surface area contributed by atoms with Gasteiger partial charge in [-0.15, -0.1) is 0 Å². The molecule has 4 fully saturated rings. The van der Waals surface area contributed by atoms with E-state index in [9.17, 15) is 40.6 Å². The van der Waals surface area contributed by atoms with Crippen LogP contribution in [0.5, 0.6) is 0 Å². The van der Waals surface area contributed by atoms with Gasteiger partial charge in [-0.1, -0.05) is 0 Å². The first-order valence-electron chi connectivity index (χ1n) is 7.92. The Morgan fingerprint density at radius 3 is 1.96 bits per heavy atom. The van der Waals surface area contributed by atoms with Gasteiger partial charge in [0.15, 0.2) is 0 Å². The lowest BCUT2D eigenvalue weighted by atomic mass is 9.48. The van der Waals surface area contributed by atoms with Crippen molar-refractivity contribution in [2.24, 2.45) is 17.3 Å². The molecule has 0 aromatic rings. The Hall–Kier alpha value is -1.06. The molecule has 4 aliphatic carbocycles. The second kappa shape index (κ2) is 5.23. The molecular formula is C15H17F7O3. The van der Waals surface area contributed by atoms with Crippen LogP contribution >= 0.6 is 0 Å². The summed E-state index contributed by atoms with van der Waals surface area (Å²) >= 11 is 0. The van der Waals surface area contributed by atoms with Crippen LogP contribution in [0.15, 0.2) is 0 Å². The summed E-state index contributed by atoms with van der Waals surface area (Å²) in [5.74, 6) is -15.2. The van der Waals surface area contributed by atoms with Crippen LogP contribution in [0.2, 0.25) is 0 Å². The van der Waals surface area contributed by atoms with Crippen molar-refractivity contribution in [2.75, 3.05) is 6.61 Å².